The summed E-state index contributed by atoms with van der Waals surface area (Å²) in [5.74, 6) is -0.217. The quantitative estimate of drug-likeness (QED) is 0.813. The Morgan fingerprint density at radius 3 is 2.48 bits per heavy atom. The minimum Gasteiger partial charge on any atom is -0.351 e. The van der Waals surface area contributed by atoms with Crippen molar-refractivity contribution in [3.05, 3.63) is 64.1 Å². The van der Waals surface area contributed by atoms with Gasteiger partial charge in [-0.25, -0.2) is 13.6 Å². The van der Waals surface area contributed by atoms with E-state index in [0.717, 1.165) is 5.56 Å². The van der Waals surface area contributed by atoms with Crippen LogP contribution >= 0.6 is 15.9 Å². The molecule has 3 N–H and O–H groups in total. The monoisotopic (exact) mass is 396 g/mol. The van der Waals surface area contributed by atoms with E-state index in [1.54, 1.807) is 0 Å². The fourth-order valence-corrected chi connectivity index (χ4v) is 3.06. The molecule has 1 atom stereocenters. The molecule has 0 radical (unpaired) electrons. The number of carbonyl (C=O) groups excluding carboxylic acids is 1. The Bertz CT molecular complexity index is 807. The molecule has 0 saturated heterocycles. The third-order valence-corrected chi connectivity index (χ3v) is 5.05. The summed E-state index contributed by atoms with van der Waals surface area (Å²) in [6.45, 7) is 2.44. The number of primary sulfonamides is 1. The maximum Gasteiger partial charge on any atom is 0.252 e. The Morgan fingerprint density at radius 1 is 1.22 bits per heavy atom. The molecular formula is C16H17BrN2O3S. The molecule has 0 bridgehead atoms. The van der Waals surface area contributed by atoms with Crippen LogP contribution in [0, 0.1) is 0 Å². The van der Waals surface area contributed by atoms with Gasteiger partial charge in [-0.2, -0.15) is 0 Å². The molecule has 0 aromatic heterocycles. The van der Waals surface area contributed by atoms with Gasteiger partial charge in [-0.3, -0.25) is 4.79 Å². The fraction of sp³-hybridized carbons (Fsp3) is 0.188. The van der Waals surface area contributed by atoms with Gasteiger partial charge >= 0.3 is 0 Å². The molecule has 0 aliphatic carbocycles. The van der Waals surface area contributed by atoms with Crippen LogP contribution in [0.2, 0.25) is 0 Å². The summed E-state index contributed by atoms with van der Waals surface area (Å²) in [6, 6.07) is 13.9. The standard InChI is InChI=1S/C16H17BrN2O3S/c1-11(12-5-3-2-4-6-12)10-19-16(20)14-9-13(23(18,21)22)7-8-15(14)17/h2-9,11H,10H2,1H3,(H,19,20)(H2,18,21,22)/t11-/m1/s1. The normalized spacial score (nSPS) is 12.7. The smallest absolute Gasteiger partial charge is 0.252 e. The van der Waals surface area contributed by atoms with Crippen molar-refractivity contribution in [1.82, 2.24) is 5.32 Å². The summed E-state index contributed by atoms with van der Waals surface area (Å²) < 4.78 is 23.3. The maximum atomic E-state index is 12.3. The van der Waals surface area contributed by atoms with Crippen molar-refractivity contribution in [2.75, 3.05) is 6.54 Å². The van der Waals surface area contributed by atoms with Crippen molar-refractivity contribution >= 4 is 31.9 Å². The summed E-state index contributed by atoms with van der Waals surface area (Å²) in [6.07, 6.45) is 0. The summed E-state index contributed by atoms with van der Waals surface area (Å²) in [5.41, 5.74) is 1.35. The van der Waals surface area contributed by atoms with Crippen molar-refractivity contribution in [1.29, 1.82) is 0 Å². The molecular weight excluding hydrogens is 380 g/mol. The Labute approximate surface area is 144 Å². The number of rotatable bonds is 5. The van der Waals surface area contributed by atoms with Gasteiger partial charge in [0.2, 0.25) is 10.0 Å². The molecule has 23 heavy (non-hydrogen) atoms. The molecule has 0 unspecified atom stereocenters. The summed E-state index contributed by atoms with van der Waals surface area (Å²) in [7, 11) is -3.85. The number of nitrogens with one attached hydrogen (secondary N) is 1. The number of sulfonamides is 1. The summed E-state index contributed by atoms with van der Waals surface area (Å²) >= 11 is 3.25. The van der Waals surface area contributed by atoms with Crippen LogP contribution in [0.4, 0.5) is 0 Å². The van der Waals surface area contributed by atoms with Gasteiger partial charge in [0.25, 0.3) is 5.91 Å². The van der Waals surface area contributed by atoms with Crippen molar-refractivity contribution < 1.29 is 13.2 Å². The molecule has 122 valence electrons. The number of halogens is 1. The van der Waals surface area contributed by atoms with Gasteiger partial charge in [0, 0.05) is 11.0 Å². The van der Waals surface area contributed by atoms with E-state index in [-0.39, 0.29) is 22.3 Å². The minimum atomic E-state index is -3.85. The van der Waals surface area contributed by atoms with Crippen LogP contribution in [0.1, 0.15) is 28.8 Å². The van der Waals surface area contributed by atoms with Crippen molar-refractivity contribution in [3.8, 4) is 0 Å². The number of benzene rings is 2. The van der Waals surface area contributed by atoms with Gasteiger partial charge in [0.05, 0.1) is 10.5 Å². The molecule has 7 heteroatoms. The van der Waals surface area contributed by atoms with Crippen LogP contribution < -0.4 is 10.5 Å². The van der Waals surface area contributed by atoms with E-state index in [9.17, 15) is 13.2 Å². The lowest BCUT2D eigenvalue weighted by Gasteiger charge is -2.14. The lowest BCUT2D eigenvalue weighted by Crippen LogP contribution is -2.28. The van der Waals surface area contributed by atoms with E-state index in [2.05, 4.69) is 21.2 Å². The number of hydrogen-bond donors (Lipinski definition) is 2. The minimum absolute atomic E-state index is 0.0954. The molecule has 2 aromatic carbocycles. The average Bonchev–Trinajstić information content (AvgIpc) is 2.52. The number of nitrogens with two attached hydrogens (primary N) is 1. The van der Waals surface area contributed by atoms with E-state index in [0.29, 0.717) is 11.0 Å². The Balaban J connectivity index is 2.12. The lowest BCUT2D eigenvalue weighted by molar-refractivity contribution is 0.0950. The molecule has 1 amide bonds. The van der Waals surface area contributed by atoms with Crippen molar-refractivity contribution in [3.63, 3.8) is 0 Å². The van der Waals surface area contributed by atoms with Crippen LogP contribution in [0.3, 0.4) is 0 Å². The zero-order valence-corrected chi connectivity index (χ0v) is 14.9. The second-order valence-corrected chi connectivity index (χ2v) is 7.62. The largest absolute Gasteiger partial charge is 0.351 e. The Kier molecular flexibility index (Phi) is 5.56. The molecule has 5 nitrogen and oxygen atoms in total. The highest BCUT2D eigenvalue weighted by Gasteiger charge is 2.16. The van der Waals surface area contributed by atoms with Crippen LogP contribution in [0.25, 0.3) is 0 Å². The third kappa shape index (κ3) is 4.63. The molecule has 2 aromatic rings. The topological polar surface area (TPSA) is 89.3 Å². The van der Waals surface area contributed by atoms with Crippen LogP contribution in [-0.4, -0.2) is 20.9 Å². The molecule has 0 saturated carbocycles. The third-order valence-electron chi connectivity index (χ3n) is 3.45. The van der Waals surface area contributed by atoms with Gasteiger partial charge in [-0.1, -0.05) is 37.3 Å². The summed E-state index contributed by atoms with van der Waals surface area (Å²) in [5, 5.41) is 7.91. The van der Waals surface area contributed by atoms with Crippen LogP contribution in [0.15, 0.2) is 57.9 Å². The van der Waals surface area contributed by atoms with E-state index in [1.165, 1.54) is 18.2 Å². The predicted octanol–water partition coefficient (Wildman–Crippen LogP) is 2.63. The second kappa shape index (κ2) is 7.25. The number of hydrogen-bond acceptors (Lipinski definition) is 3. The zero-order valence-electron chi connectivity index (χ0n) is 12.5. The Morgan fingerprint density at radius 2 is 1.87 bits per heavy atom. The molecule has 0 heterocycles. The average molecular weight is 397 g/mol. The van der Waals surface area contributed by atoms with E-state index >= 15 is 0 Å². The highest BCUT2D eigenvalue weighted by atomic mass is 79.9. The van der Waals surface area contributed by atoms with Gasteiger partial charge in [-0.15, -0.1) is 0 Å². The zero-order chi connectivity index (χ0) is 17.0. The first-order valence-corrected chi connectivity index (χ1v) is 9.28. The highest BCUT2D eigenvalue weighted by molar-refractivity contribution is 9.10. The second-order valence-electron chi connectivity index (χ2n) is 5.21. The van der Waals surface area contributed by atoms with Crippen LogP contribution in [0.5, 0.6) is 0 Å². The van der Waals surface area contributed by atoms with E-state index < -0.39 is 10.0 Å². The van der Waals surface area contributed by atoms with Crippen LogP contribution in [-0.2, 0) is 10.0 Å². The number of carbonyl (C=O) groups is 1. The molecule has 0 aliphatic rings. The molecule has 2 rings (SSSR count). The molecule has 0 spiro atoms. The first kappa shape index (κ1) is 17.7. The molecule has 0 fully saturated rings. The maximum absolute atomic E-state index is 12.3. The first-order chi connectivity index (χ1) is 10.8. The van der Waals surface area contributed by atoms with Gasteiger partial charge in [-0.05, 0) is 45.6 Å². The van der Waals surface area contributed by atoms with Crippen molar-refractivity contribution in [2.24, 2.45) is 5.14 Å². The van der Waals surface area contributed by atoms with Gasteiger partial charge in [0.1, 0.15) is 0 Å². The van der Waals surface area contributed by atoms with E-state index in [1.807, 2.05) is 37.3 Å². The SMILES string of the molecule is C[C@H](CNC(=O)c1cc(S(N)(=O)=O)ccc1Br)c1ccccc1. The Hall–Kier alpha value is -1.70. The first-order valence-electron chi connectivity index (χ1n) is 6.94. The summed E-state index contributed by atoms with van der Waals surface area (Å²) in [4.78, 5) is 12.2. The predicted molar refractivity (Wildman–Crippen MR) is 92.7 cm³/mol. The molecule has 0 aliphatic heterocycles. The lowest BCUT2D eigenvalue weighted by atomic mass is 10.0. The highest BCUT2D eigenvalue weighted by Crippen LogP contribution is 2.21. The van der Waals surface area contributed by atoms with Gasteiger partial charge in [0.15, 0.2) is 0 Å². The van der Waals surface area contributed by atoms with Gasteiger partial charge < -0.3 is 5.32 Å². The fourth-order valence-electron chi connectivity index (χ4n) is 2.10. The van der Waals surface area contributed by atoms with E-state index in [4.69, 9.17) is 5.14 Å². The van der Waals surface area contributed by atoms with Crippen molar-refractivity contribution in [2.45, 2.75) is 17.7 Å². The number of amides is 1.